The molecule has 0 aliphatic rings. The maximum atomic E-state index is 5.98. The molecule has 3 nitrogen and oxygen atoms in total. The van der Waals surface area contributed by atoms with Gasteiger partial charge in [-0.3, -0.25) is 0 Å². The van der Waals surface area contributed by atoms with Crippen molar-refractivity contribution in [3.8, 4) is 5.75 Å². The van der Waals surface area contributed by atoms with Crippen molar-refractivity contribution in [2.75, 3.05) is 13.2 Å². The fourth-order valence-electron chi connectivity index (χ4n) is 2.49. The molecule has 0 saturated heterocycles. The number of thiazole rings is 1. The molecular formula is C19H28N2OS. The molecule has 2 aromatic rings. The Balaban J connectivity index is 1.93. The Morgan fingerprint density at radius 1 is 1.17 bits per heavy atom. The molecule has 0 fully saturated rings. The molecule has 2 N–H and O–H groups in total. The van der Waals surface area contributed by atoms with Crippen molar-refractivity contribution in [1.82, 2.24) is 4.98 Å². The van der Waals surface area contributed by atoms with Crippen LogP contribution in [0, 0.1) is 13.8 Å². The summed E-state index contributed by atoms with van der Waals surface area (Å²) in [6.45, 7) is 7.81. The Morgan fingerprint density at radius 2 is 1.91 bits per heavy atom. The Kier molecular flexibility index (Phi) is 7.06. The summed E-state index contributed by atoms with van der Waals surface area (Å²) in [7, 11) is 0. The van der Waals surface area contributed by atoms with E-state index in [-0.39, 0.29) is 0 Å². The van der Waals surface area contributed by atoms with E-state index in [0.29, 0.717) is 12.5 Å². The van der Waals surface area contributed by atoms with Gasteiger partial charge in [0.15, 0.2) is 0 Å². The molecule has 0 saturated carbocycles. The number of unbranched alkanes of at least 4 members (excludes halogenated alkanes) is 2. The highest BCUT2D eigenvalue weighted by molar-refractivity contribution is 7.11. The molecule has 23 heavy (non-hydrogen) atoms. The number of aryl methyl sites for hydroxylation is 2. The van der Waals surface area contributed by atoms with Gasteiger partial charge in [0, 0.05) is 17.3 Å². The van der Waals surface area contributed by atoms with Gasteiger partial charge in [0.2, 0.25) is 0 Å². The molecule has 0 aliphatic carbocycles. The van der Waals surface area contributed by atoms with Crippen LogP contribution < -0.4 is 10.5 Å². The molecule has 1 atom stereocenters. The van der Waals surface area contributed by atoms with Crippen molar-refractivity contribution in [1.29, 1.82) is 0 Å². The molecule has 2 rings (SSSR count). The Labute approximate surface area is 143 Å². The molecule has 1 aromatic carbocycles. The summed E-state index contributed by atoms with van der Waals surface area (Å²) in [6.07, 6.45) is 4.50. The van der Waals surface area contributed by atoms with E-state index in [2.05, 4.69) is 50.0 Å². The number of aromatic nitrogens is 1. The molecule has 1 aromatic heterocycles. The van der Waals surface area contributed by atoms with Crippen molar-refractivity contribution in [3.63, 3.8) is 0 Å². The smallest absolute Gasteiger partial charge is 0.119 e. The summed E-state index contributed by atoms with van der Waals surface area (Å²) in [5.41, 5.74) is 8.39. The first-order valence-corrected chi connectivity index (χ1v) is 9.31. The van der Waals surface area contributed by atoms with E-state index in [1.807, 2.05) is 0 Å². The highest BCUT2D eigenvalue weighted by atomic mass is 32.1. The fourth-order valence-corrected chi connectivity index (χ4v) is 3.53. The Hall–Kier alpha value is -1.39. The average molecular weight is 333 g/mol. The molecule has 0 bridgehead atoms. The highest BCUT2D eigenvalue weighted by Crippen LogP contribution is 2.27. The van der Waals surface area contributed by atoms with E-state index in [1.54, 1.807) is 11.3 Å². The second kappa shape index (κ2) is 9.04. The number of nitrogens with two attached hydrogens (primary N) is 1. The molecule has 0 amide bonds. The van der Waals surface area contributed by atoms with Crippen LogP contribution in [0.5, 0.6) is 5.75 Å². The summed E-state index contributed by atoms with van der Waals surface area (Å²) in [6, 6.07) is 8.41. The van der Waals surface area contributed by atoms with Crippen molar-refractivity contribution in [2.24, 2.45) is 5.73 Å². The van der Waals surface area contributed by atoms with Crippen LogP contribution in [0.15, 0.2) is 24.3 Å². The number of benzene rings is 1. The fraction of sp³-hybridized carbons (Fsp3) is 0.526. The second-order valence-electron chi connectivity index (χ2n) is 6.03. The molecule has 0 spiro atoms. The van der Waals surface area contributed by atoms with Gasteiger partial charge in [0.05, 0.1) is 17.3 Å². The Morgan fingerprint density at radius 3 is 2.48 bits per heavy atom. The minimum absolute atomic E-state index is 0.295. The van der Waals surface area contributed by atoms with Gasteiger partial charge in [-0.2, -0.15) is 0 Å². The third kappa shape index (κ3) is 5.33. The predicted octanol–water partition coefficient (Wildman–Crippen LogP) is 4.61. The van der Waals surface area contributed by atoms with Gasteiger partial charge in [-0.1, -0.05) is 31.9 Å². The first-order valence-electron chi connectivity index (χ1n) is 8.49. The lowest BCUT2D eigenvalue weighted by Gasteiger charge is -2.12. The first-order chi connectivity index (χ1) is 11.1. The topological polar surface area (TPSA) is 48.1 Å². The molecule has 1 unspecified atom stereocenters. The van der Waals surface area contributed by atoms with Crippen molar-refractivity contribution >= 4 is 11.3 Å². The normalized spacial score (nSPS) is 12.3. The molecular weight excluding hydrogens is 304 g/mol. The van der Waals surface area contributed by atoms with Gasteiger partial charge in [-0.25, -0.2) is 4.98 Å². The monoisotopic (exact) mass is 332 g/mol. The van der Waals surface area contributed by atoms with Crippen LogP contribution in [-0.2, 0) is 6.42 Å². The lowest BCUT2D eigenvalue weighted by atomic mass is 10.00. The van der Waals surface area contributed by atoms with Crippen molar-refractivity contribution < 1.29 is 4.74 Å². The molecule has 126 valence electrons. The van der Waals surface area contributed by atoms with Crippen LogP contribution in [0.3, 0.4) is 0 Å². The number of rotatable bonds is 9. The average Bonchev–Trinajstić information content (AvgIpc) is 2.89. The van der Waals surface area contributed by atoms with E-state index in [9.17, 15) is 0 Å². The van der Waals surface area contributed by atoms with E-state index < -0.39 is 0 Å². The number of nitrogens with zero attached hydrogens (tertiary/aromatic N) is 1. The second-order valence-corrected chi connectivity index (χ2v) is 7.26. The van der Waals surface area contributed by atoms with Gasteiger partial charge in [0.25, 0.3) is 0 Å². The summed E-state index contributed by atoms with van der Waals surface area (Å²) in [4.78, 5) is 5.95. The summed E-state index contributed by atoms with van der Waals surface area (Å²) in [5.74, 6) is 1.25. The van der Waals surface area contributed by atoms with Crippen molar-refractivity contribution in [3.05, 3.63) is 45.4 Å². The van der Waals surface area contributed by atoms with Crippen LogP contribution in [0.2, 0.25) is 0 Å². The lowest BCUT2D eigenvalue weighted by molar-refractivity contribution is 0.306. The molecule has 4 heteroatoms. The van der Waals surface area contributed by atoms with Gasteiger partial charge >= 0.3 is 0 Å². The Bertz CT molecular complexity index is 572. The van der Waals surface area contributed by atoms with E-state index in [4.69, 9.17) is 10.5 Å². The predicted molar refractivity (Wildman–Crippen MR) is 98.5 cm³/mol. The minimum atomic E-state index is 0.295. The van der Waals surface area contributed by atoms with Gasteiger partial charge in [-0.15, -0.1) is 11.3 Å². The zero-order valence-corrected chi connectivity index (χ0v) is 15.3. The number of hydrogen-bond donors (Lipinski definition) is 1. The molecule has 0 aliphatic heterocycles. The minimum Gasteiger partial charge on any atom is -0.494 e. The van der Waals surface area contributed by atoms with Crippen LogP contribution >= 0.6 is 11.3 Å². The van der Waals surface area contributed by atoms with Gasteiger partial charge in [-0.05, 0) is 44.4 Å². The maximum absolute atomic E-state index is 5.98. The largest absolute Gasteiger partial charge is 0.494 e. The van der Waals surface area contributed by atoms with Crippen LogP contribution in [0.25, 0.3) is 0 Å². The highest BCUT2D eigenvalue weighted by Gasteiger charge is 2.16. The van der Waals surface area contributed by atoms with Crippen LogP contribution in [-0.4, -0.2) is 18.1 Å². The summed E-state index contributed by atoms with van der Waals surface area (Å²) in [5, 5.41) is 1.15. The summed E-state index contributed by atoms with van der Waals surface area (Å²) >= 11 is 1.77. The summed E-state index contributed by atoms with van der Waals surface area (Å²) < 4.78 is 5.76. The van der Waals surface area contributed by atoms with E-state index in [1.165, 1.54) is 23.3 Å². The SMILES string of the molecule is CCCCCOc1ccc(CC(CN)c2nc(C)c(C)s2)cc1. The lowest BCUT2D eigenvalue weighted by Crippen LogP contribution is -2.15. The zero-order chi connectivity index (χ0) is 16.7. The molecule has 0 radical (unpaired) electrons. The molecule has 1 heterocycles. The van der Waals surface area contributed by atoms with Crippen LogP contribution in [0.1, 0.15) is 53.2 Å². The van der Waals surface area contributed by atoms with Gasteiger partial charge in [0.1, 0.15) is 5.75 Å². The van der Waals surface area contributed by atoms with Gasteiger partial charge < -0.3 is 10.5 Å². The van der Waals surface area contributed by atoms with Crippen LogP contribution in [0.4, 0.5) is 0 Å². The number of hydrogen-bond acceptors (Lipinski definition) is 4. The third-order valence-electron chi connectivity index (χ3n) is 4.10. The first kappa shape index (κ1) is 18.0. The maximum Gasteiger partial charge on any atom is 0.119 e. The third-order valence-corrected chi connectivity index (χ3v) is 5.34. The number of ether oxygens (including phenoxy) is 1. The standard InChI is InChI=1S/C19H28N2OS/c1-4-5-6-11-22-18-9-7-16(8-10-18)12-17(13-20)19-21-14(2)15(3)23-19/h7-10,17H,4-6,11-13,20H2,1-3H3. The zero-order valence-electron chi connectivity index (χ0n) is 14.5. The van der Waals surface area contributed by atoms with E-state index >= 15 is 0 Å². The quantitative estimate of drug-likeness (QED) is 0.682. The van der Waals surface area contributed by atoms with E-state index in [0.717, 1.165) is 35.9 Å². The van der Waals surface area contributed by atoms with Crippen molar-refractivity contribution in [2.45, 2.75) is 52.4 Å².